The van der Waals surface area contributed by atoms with Gasteiger partial charge >= 0.3 is 5.97 Å². The van der Waals surface area contributed by atoms with Gasteiger partial charge in [0.2, 0.25) is 18.3 Å². The van der Waals surface area contributed by atoms with Crippen molar-refractivity contribution in [2.45, 2.75) is 25.4 Å². The summed E-state index contributed by atoms with van der Waals surface area (Å²) in [6.07, 6.45) is 2.36. The number of ether oxygens (including phenoxy) is 3. The van der Waals surface area contributed by atoms with E-state index in [0.717, 1.165) is 5.69 Å². The van der Waals surface area contributed by atoms with Gasteiger partial charge in [-0.05, 0) is 25.1 Å². The van der Waals surface area contributed by atoms with Gasteiger partial charge < -0.3 is 24.2 Å². The molecule has 2 aliphatic rings. The fourth-order valence-corrected chi connectivity index (χ4v) is 3.18. The summed E-state index contributed by atoms with van der Waals surface area (Å²) in [6.45, 7) is 3.06. The molecule has 2 aromatic rings. The molecule has 0 saturated carbocycles. The number of carbonyl (C=O) groups is 1. The van der Waals surface area contributed by atoms with Gasteiger partial charge in [0.1, 0.15) is 5.75 Å². The molecule has 2 aliphatic heterocycles. The molecule has 1 fully saturated rings. The number of carboxylic acid groups (broad SMARTS) is 1. The van der Waals surface area contributed by atoms with Gasteiger partial charge in [-0.25, -0.2) is 14.8 Å². The molecular weight excluding hydrogens is 338 g/mol. The fraction of sp³-hybridized carbons (Fsp3) is 0.389. The standard InChI is InChI=1S/C18H19N3O5/c1-12-4-7-19-17(20-12)21-8-5-18(6-9-21,16(22)23)26-13-2-3-14-15(10-13)25-11-24-14/h2-4,7,10H,5-6,8-9,11H2,1H3,(H,22,23). The number of carboxylic acids is 1. The third kappa shape index (κ3) is 2.98. The van der Waals surface area contributed by atoms with Gasteiger partial charge in [0.05, 0.1) is 0 Å². The maximum atomic E-state index is 12.0. The Kier molecular flexibility index (Phi) is 4.02. The van der Waals surface area contributed by atoms with Crippen molar-refractivity contribution in [1.82, 2.24) is 9.97 Å². The summed E-state index contributed by atoms with van der Waals surface area (Å²) in [7, 11) is 0. The Balaban J connectivity index is 1.51. The van der Waals surface area contributed by atoms with Gasteiger partial charge in [-0.2, -0.15) is 0 Å². The van der Waals surface area contributed by atoms with E-state index in [0.29, 0.717) is 49.1 Å². The molecule has 3 heterocycles. The molecule has 0 radical (unpaired) electrons. The van der Waals surface area contributed by atoms with E-state index in [1.54, 1.807) is 24.4 Å². The number of rotatable bonds is 4. The van der Waals surface area contributed by atoms with E-state index in [9.17, 15) is 9.90 Å². The SMILES string of the molecule is Cc1ccnc(N2CCC(Oc3ccc4c(c3)OCO4)(C(=O)O)CC2)n1. The lowest BCUT2D eigenvalue weighted by Gasteiger charge is -2.38. The number of aliphatic carboxylic acids is 1. The van der Waals surface area contributed by atoms with E-state index >= 15 is 0 Å². The number of anilines is 1. The summed E-state index contributed by atoms with van der Waals surface area (Å²) in [5.74, 6) is 1.30. The summed E-state index contributed by atoms with van der Waals surface area (Å²) >= 11 is 0. The zero-order valence-corrected chi connectivity index (χ0v) is 14.3. The Morgan fingerprint density at radius 1 is 1.23 bits per heavy atom. The quantitative estimate of drug-likeness (QED) is 0.888. The smallest absolute Gasteiger partial charge is 0.348 e. The van der Waals surface area contributed by atoms with Crippen LogP contribution in [0.5, 0.6) is 17.2 Å². The lowest BCUT2D eigenvalue weighted by Crippen LogP contribution is -2.53. The number of fused-ring (bicyclic) bond motifs is 1. The first kappa shape index (κ1) is 16.4. The number of hydrogen-bond acceptors (Lipinski definition) is 7. The molecule has 0 amide bonds. The highest BCUT2D eigenvalue weighted by atomic mass is 16.7. The van der Waals surface area contributed by atoms with Gasteiger partial charge in [0.25, 0.3) is 0 Å². The molecule has 0 spiro atoms. The predicted molar refractivity (Wildman–Crippen MR) is 91.8 cm³/mol. The third-order valence-corrected chi connectivity index (χ3v) is 4.68. The molecule has 8 heteroatoms. The van der Waals surface area contributed by atoms with Crippen LogP contribution in [-0.4, -0.2) is 46.5 Å². The largest absolute Gasteiger partial charge is 0.478 e. The molecule has 1 aromatic heterocycles. The van der Waals surface area contributed by atoms with Crippen molar-refractivity contribution in [3.63, 3.8) is 0 Å². The van der Waals surface area contributed by atoms with E-state index < -0.39 is 11.6 Å². The topological polar surface area (TPSA) is 94.0 Å². The monoisotopic (exact) mass is 357 g/mol. The molecule has 8 nitrogen and oxygen atoms in total. The summed E-state index contributed by atoms with van der Waals surface area (Å²) in [6, 6.07) is 6.93. The van der Waals surface area contributed by atoms with Gasteiger partial charge in [-0.15, -0.1) is 0 Å². The third-order valence-electron chi connectivity index (χ3n) is 4.68. The minimum atomic E-state index is -1.28. The first-order valence-electron chi connectivity index (χ1n) is 8.42. The van der Waals surface area contributed by atoms with Crippen molar-refractivity contribution in [2.75, 3.05) is 24.8 Å². The second kappa shape index (κ2) is 6.36. The number of aryl methyl sites for hydroxylation is 1. The minimum Gasteiger partial charge on any atom is -0.478 e. The maximum absolute atomic E-state index is 12.0. The Morgan fingerprint density at radius 2 is 2.00 bits per heavy atom. The molecule has 0 aliphatic carbocycles. The second-order valence-electron chi connectivity index (χ2n) is 6.40. The van der Waals surface area contributed by atoms with Gasteiger partial charge in [-0.3, -0.25) is 0 Å². The van der Waals surface area contributed by atoms with E-state index in [-0.39, 0.29) is 6.79 Å². The van der Waals surface area contributed by atoms with Crippen LogP contribution in [0.15, 0.2) is 30.5 Å². The van der Waals surface area contributed by atoms with Crippen LogP contribution in [0, 0.1) is 6.92 Å². The molecule has 0 bridgehead atoms. The number of benzene rings is 1. The van der Waals surface area contributed by atoms with Crippen molar-refractivity contribution >= 4 is 11.9 Å². The number of piperidine rings is 1. The van der Waals surface area contributed by atoms with Crippen LogP contribution in [0.4, 0.5) is 5.95 Å². The van der Waals surface area contributed by atoms with Crippen molar-refractivity contribution in [3.8, 4) is 17.2 Å². The molecule has 1 saturated heterocycles. The van der Waals surface area contributed by atoms with E-state index in [1.807, 2.05) is 17.9 Å². The highest BCUT2D eigenvalue weighted by Gasteiger charge is 2.44. The fourth-order valence-electron chi connectivity index (χ4n) is 3.18. The maximum Gasteiger partial charge on any atom is 0.348 e. The van der Waals surface area contributed by atoms with Crippen LogP contribution in [-0.2, 0) is 4.79 Å². The second-order valence-corrected chi connectivity index (χ2v) is 6.40. The number of hydrogen-bond donors (Lipinski definition) is 1. The van der Waals surface area contributed by atoms with Crippen molar-refractivity contribution < 1.29 is 24.1 Å². The molecule has 1 aromatic carbocycles. The van der Waals surface area contributed by atoms with E-state index in [1.165, 1.54) is 0 Å². The van der Waals surface area contributed by atoms with Crippen molar-refractivity contribution in [3.05, 3.63) is 36.2 Å². The Morgan fingerprint density at radius 3 is 2.73 bits per heavy atom. The first-order valence-corrected chi connectivity index (χ1v) is 8.42. The molecule has 0 unspecified atom stereocenters. The summed E-state index contributed by atoms with van der Waals surface area (Å²) in [5, 5.41) is 9.81. The zero-order valence-electron chi connectivity index (χ0n) is 14.3. The minimum absolute atomic E-state index is 0.161. The van der Waals surface area contributed by atoms with Gasteiger partial charge in [-0.1, -0.05) is 0 Å². The van der Waals surface area contributed by atoms with E-state index in [2.05, 4.69) is 9.97 Å². The predicted octanol–water partition coefficient (Wildman–Crippen LogP) is 2.02. The lowest BCUT2D eigenvalue weighted by atomic mass is 9.91. The summed E-state index contributed by atoms with van der Waals surface area (Å²) in [4.78, 5) is 22.6. The summed E-state index contributed by atoms with van der Waals surface area (Å²) < 4.78 is 16.5. The van der Waals surface area contributed by atoms with Crippen molar-refractivity contribution in [1.29, 1.82) is 0 Å². The lowest BCUT2D eigenvalue weighted by molar-refractivity contribution is -0.157. The number of aromatic nitrogens is 2. The zero-order chi connectivity index (χ0) is 18.1. The molecule has 26 heavy (non-hydrogen) atoms. The molecule has 136 valence electrons. The molecule has 0 atom stereocenters. The van der Waals surface area contributed by atoms with Crippen LogP contribution < -0.4 is 19.1 Å². The molecule has 1 N–H and O–H groups in total. The Labute approximate surface area is 150 Å². The van der Waals surface area contributed by atoms with Crippen molar-refractivity contribution in [2.24, 2.45) is 0 Å². The van der Waals surface area contributed by atoms with E-state index in [4.69, 9.17) is 14.2 Å². The highest BCUT2D eigenvalue weighted by molar-refractivity contribution is 5.78. The summed E-state index contributed by atoms with van der Waals surface area (Å²) in [5.41, 5.74) is -0.407. The van der Waals surface area contributed by atoms with Crippen LogP contribution >= 0.6 is 0 Å². The molecule has 4 rings (SSSR count). The van der Waals surface area contributed by atoms with Gasteiger partial charge in [0.15, 0.2) is 11.5 Å². The normalized spacial score (nSPS) is 17.8. The average Bonchev–Trinajstić information content (AvgIpc) is 3.10. The van der Waals surface area contributed by atoms with Crippen LogP contribution in [0.1, 0.15) is 18.5 Å². The Hall–Kier alpha value is -3.03. The van der Waals surface area contributed by atoms with Crippen LogP contribution in [0.25, 0.3) is 0 Å². The first-order chi connectivity index (χ1) is 12.6. The Bertz CT molecular complexity index is 833. The molecular formula is C18H19N3O5. The average molecular weight is 357 g/mol. The van der Waals surface area contributed by atoms with Gasteiger partial charge in [0, 0.05) is 43.9 Å². The van der Waals surface area contributed by atoms with Crippen LogP contribution in [0.3, 0.4) is 0 Å². The van der Waals surface area contributed by atoms with Crippen LogP contribution in [0.2, 0.25) is 0 Å². The number of nitrogens with zero attached hydrogens (tertiary/aromatic N) is 3. The highest BCUT2D eigenvalue weighted by Crippen LogP contribution is 2.38.